The molecule has 2 unspecified atom stereocenters. The zero-order valence-electron chi connectivity index (χ0n) is 13.5. The molecule has 1 saturated heterocycles. The van der Waals surface area contributed by atoms with Crippen molar-refractivity contribution in [1.29, 1.82) is 0 Å². The number of nitrogens with one attached hydrogen (secondary N) is 1. The summed E-state index contributed by atoms with van der Waals surface area (Å²) in [4.78, 5) is 0. The fraction of sp³-hybridized carbons (Fsp3) is 1.00. The Bertz CT molecular complexity index is 232. The molecule has 1 saturated carbocycles. The van der Waals surface area contributed by atoms with Crippen LogP contribution < -0.4 is 5.32 Å². The largest absolute Gasteiger partial charge is 0.378 e. The van der Waals surface area contributed by atoms with E-state index in [1.165, 1.54) is 83.6 Å². The quantitative estimate of drug-likeness (QED) is 0.698. The highest BCUT2D eigenvalue weighted by atomic mass is 16.5. The molecule has 2 fully saturated rings. The van der Waals surface area contributed by atoms with Crippen LogP contribution in [0.1, 0.15) is 84.0 Å². The average Bonchev–Trinajstić information content (AvgIpc) is 2.52. The summed E-state index contributed by atoms with van der Waals surface area (Å²) >= 11 is 0. The fourth-order valence-electron chi connectivity index (χ4n) is 3.90. The van der Waals surface area contributed by atoms with Gasteiger partial charge in [-0.2, -0.15) is 0 Å². The van der Waals surface area contributed by atoms with E-state index in [9.17, 15) is 0 Å². The van der Waals surface area contributed by atoms with Crippen molar-refractivity contribution in [3.63, 3.8) is 0 Å². The first kappa shape index (κ1) is 16.3. The van der Waals surface area contributed by atoms with Gasteiger partial charge in [-0.3, -0.25) is 0 Å². The van der Waals surface area contributed by atoms with E-state index in [1.54, 1.807) is 0 Å². The van der Waals surface area contributed by atoms with Gasteiger partial charge in [-0.25, -0.2) is 0 Å². The molecule has 2 rings (SSSR count). The maximum Gasteiger partial charge on any atom is 0.0575 e. The minimum absolute atomic E-state index is 0.557. The van der Waals surface area contributed by atoms with Crippen LogP contribution in [0, 0.1) is 5.92 Å². The van der Waals surface area contributed by atoms with Crippen molar-refractivity contribution in [3.8, 4) is 0 Å². The lowest BCUT2D eigenvalue weighted by Crippen LogP contribution is -2.34. The first-order valence-electron chi connectivity index (χ1n) is 9.23. The van der Waals surface area contributed by atoms with E-state index < -0.39 is 0 Å². The molecule has 0 aromatic rings. The van der Waals surface area contributed by atoms with Crippen LogP contribution in [0.5, 0.6) is 0 Å². The number of hydrogen-bond acceptors (Lipinski definition) is 2. The van der Waals surface area contributed by atoms with Crippen LogP contribution in [0.4, 0.5) is 0 Å². The second kappa shape index (κ2) is 9.78. The molecule has 1 aliphatic heterocycles. The van der Waals surface area contributed by atoms with Crippen molar-refractivity contribution < 1.29 is 4.74 Å². The van der Waals surface area contributed by atoms with Gasteiger partial charge >= 0.3 is 0 Å². The maximum absolute atomic E-state index is 5.90. The summed E-state index contributed by atoms with van der Waals surface area (Å²) in [5.41, 5.74) is 0. The second-order valence-corrected chi connectivity index (χ2v) is 6.96. The third kappa shape index (κ3) is 6.13. The lowest BCUT2D eigenvalue weighted by molar-refractivity contribution is 0.00807. The SMILES string of the molecule is CCCNC(CCC1CCCCO1)CC1CCCCC1. The predicted molar refractivity (Wildman–Crippen MR) is 86.1 cm³/mol. The molecule has 0 bridgehead atoms. The van der Waals surface area contributed by atoms with Gasteiger partial charge in [-0.1, -0.05) is 39.0 Å². The van der Waals surface area contributed by atoms with Crippen molar-refractivity contribution in [3.05, 3.63) is 0 Å². The Morgan fingerprint density at radius 1 is 1.05 bits per heavy atom. The third-order valence-corrected chi connectivity index (χ3v) is 5.14. The van der Waals surface area contributed by atoms with Gasteiger partial charge in [0.15, 0.2) is 0 Å². The molecule has 1 aliphatic carbocycles. The summed E-state index contributed by atoms with van der Waals surface area (Å²) in [5.74, 6) is 0.991. The van der Waals surface area contributed by atoms with Gasteiger partial charge in [-0.05, 0) is 57.4 Å². The highest BCUT2D eigenvalue weighted by Crippen LogP contribution is 2.29. The maximum atomic E-state index is 5.90. The van der Waals surface area contributed by atoms with Gasteiger partial charge in [0.2, 0.25) is 0 Å². The monoisotopic (exact) mass is 281 g/mol. The highest BCUT2D eigenvalue weighted by molar-refractivity contribution is 4.76. The van der Waals surface area contributed by atoms with Gasteiger partial charge < -0.3 is 10.1 Å². The smallest absolute Gasteiger partial charge is 0.0575 e. The molecule has 1 N–H and O–H groups in total. The second-order valence-electron chi connectivity index (χ2n) is 6.96. The fourth-order valence-corrected chi connectivity index (χ4v) is 3.90. The Kier molecular flexibility index (Phi) is 7.97. The zero-order chi connectivity index (χ0) is 14.0. The molecule has 2 aliphatic rings. The average molecular weight is 281 g/mol. The van der Waals surface area contributed by atoms with Crippen LogP contribution >= 0.6 is 0 Å². The molecule has 1 heterocycles. The molecule has 2 heteroatoms. The van der Waals surface area contributed by atoms with Gasteiger partial charge in [-0.15, -0.1) is 0 Å². The molecule has 0 amide bonds. The standard InChI is InChI=1S/C18H35NO/c1-2-13-19-17(15-16-8-4-3-5-9-16)11-12-18-10-6-7-14-20-18/h16-19H,2-15H2,1H3. The van der Waals surface area contributed by atoms with Crippen molar-refractivity contribution >= 4 is 0 Å². The van der Waals surface area contributed by atoms with Crippen LogP contribution in [0.15, 0.2) is 0 Å². The summed E-state index contributed by atoms with van der Waals surface area (Å²) in [7, 11) is 0. The molecule has 20 heavy (non-hydrogen) atoms. The van der Waals surface area contributed by atoms with E-state index in [0.29, 0.717) is 6.10 Å². The molecule has 0 aromatic carbocycles. The first-order valence-corrected chi connectivity index (χ1v) is 9.23. The van der Waals surface area contributed by atoms with Gasteiger partial charge in [0.1, 0.15) is 0 Å². The van der Waals surface area contributed by atoms with E-state index in [0.717, 1.165) is 18.6 Å². The molecule has 2 nitrogen and oxygen atoms in total. The molecule has 118 valence electrons. The molecule has 0 spiro atoms. The Balaban J connectivity index is 1.70. The predicted octanol–water partition coefficient (Wildman–Crippen LogP) is 4.67. The minimum Gasteiger partial charge on any atom is -0.378 e. The minimum atomic E-state index is 0.557. The third-order valence-electron chi connectivity index (χ3n) is 5.14. The lowest BCUT2D eigenvalue weighted by atomic mass is 9.83. The van der Waals surface area contributed by atoms with Crippen molar-refractivity contribution in [2.45, 2.75) is 96.1 Å². The molecule has 0 aromatic heterocycles. The molecular weight excluding hydrogens is 246 g/mol. The first-order chi connectivity index (χ1) is 9.88. The number of hydrogen-bond donors (Lipinski definition) is 1. The van der Waals surface area contributed by atoms with E-state index in [4.69, 9.17) is 4.74 Å². The number of rotatable bonds is 8. The van der Waals surface area contributed by atoms with Crippen LogP contribution in [0.2, 0.25) is 0 Å². The van der Waals surface area contributed by atoms with E-state index in [1.807, 2.05) is 0 Å². The van der Waals surface area contributed by atoms with Crippen molar-refractivity contribution in [1.82, 2.24) is 5.32 Å². The van der Waals surface area contributed by atoms with Gasteiger partial charge in [0, 0.05) is 12.6 Å². The summed E-state index contributed by atoms with van der Waals surface area (Å²) < 4.78 is 5.90. The number of ether oxygens (including phenoxy) is 1. The Morgan fingerprint density at radius 2 is 1.85 bits per heavy atom. The molecule has 0 radical (unpaired) electrons. The van der Waals surface area contributed by atoms with Crippen molar-refractivity contribution in [2.24, 2.45) is 5.92 Å². The summed E-state index contributed by atoms with van der Waals surface area (Å²) in [6, 6.07) is 0.739. The molecule has 2 atom stereocenters. The summed E-state index contributed by atoms with van der Waals surface area (Å²) in [6.07, 6.45) is 17.1. The topological polar surface area (TPSA) is 21.3 Å². The van der Waals surface area contributed by atoms with Crippen molar-refractivity contribution in [2.75, 3.05) is 13.2 Å². The van der Waals surface area contributed by atoms with Crippen LogP contribution in [-0.2, 0) is 4.74 Å². The Labute approximate surface area is 126 Å². The summed E-state index contributed by atoms with van der Waals surface area (Å²) in [5, 5.41) is 3.80. The van der Waals surface area contributed by atoms with E-state index in [-0.39, 0.29) is 0 Å². The lowest BCUT2D eigenvalue weighted by Gasteiger charge is -2.29. The van der Waals surface area contributed by atoms with Crippen LogP contribution in [-0.4, -0.2) is 25.3 Å². The van der Waals surface area contributed by atoms with E-state index in [2.05, 4.69) is 12.2 Å². The molecular formula is C18H35NO. The summed E-state index contributed by atoms with van der Waals surface area (Å²) in [6.45, 7) is 4.46. The van der Waals surface area contributed by atoms with E-state index >= 15 is 0 Å². The van der Waals surface area contributed by atoms with Crippen LogP contribution in [0.25, 0.3) is 0 Å². The normalized spacial score (nSPS) is 26.6. The van der Waals surface area contributed by atoms with Crippen LogP contribution in [0.3, 0.4) is 0 Å². The Hall–Kier alpha value is -0.0800. The zero-order valence-corrected chi connectivity index (χ0v) is 13.5. The highest BCUT2D eigenvalue weighted by Gasteiger charge is 2.21. The Morgan fingerprint density at radius 3 is 2.55 bits per heavy atom. The van der Waals surface area contributed by atoms with Gasteiger partial charge in [0.05, 0.1) is 6.10 Å². The van der Waals surface area contributed by atoms with Gasteiger partial charge in [0.25, 0.3) is 0 Å².